The fourth-order valence-electron chi connectivity index (χ4n) is 7.21. The van der Waals surface area contributed by atoms with Crippen molar-refractivity contribution in [2.45, 2.75) is 33.9 Å². The predicted molar refractivity (Wildman–Crippen MR) is 184 cm³/mol. The van der Waals surface area contributed by atoms with Crippen LogP contribution in [0.5, 0.6) is 0 Å². The molecule has 10 heteroatoms. The molecule has 2 nitrogen and oxygen atoms in total. The first-order valence-electron chi connectivity index (χ1n) is 16.0. The molecule has 2 aromatic heterocycles. The summed E-state index contributed by atoms with van der Waals surface area (Å²) in [6.07, 6.45) is -5.04. The van der Waals surface area contributed by atoms with Crippen molar-refractivity contribution in [1.29, 1.82) is 0 Å². The van der Waals surface area contributed by atoms with E-state index < -0.39 is 63.3 Å². The van der Waals surface area contributed by atoms with Crippen LogP contribution in [-0.2, 0) is 6.18 Å². The van der Waals surface area contributed by atoms with Crippen LogP contribution in [0.4, 0.5) is 35.1 Å². The second-order valence-electron chi connectivity index (χ2n) is 13.1. The lowest BCUT2D eigenvalue weighted by Crippen LogP contribution is -2.14. The van der Waals surface area contributed by atoms with Gasteiger partial charge in [-0.15, -0.1) is 0 Å². The Hall–Kier alpha value is -5.64. The number of rotatable bonds is 3. The van der Waals surface area contributed by atoms with Crippen LogP contribution in [0, 0.1) is 56.8 Å². The van der Waals surface area contributed by atoms with E-state index >= 15 is 30.7 Å². The van der Waals surface area contributed by atoms with Crippen LogP contribution < -0.4 is 0 Å². The Morgan fingerprint density at radius 3 is 1.10 bits per heavy atom. The Balaban J connectivity index is 1.64. The third-order valence-corrected chi connectivity index (χ3v) is 9.54. The number of nitrogens with zero attached hydrogens (tertiary/aromatic N) is 2. The predicted octanol–water partition coefficient (Wildman–Crippen LogP) is 12.5. The quantitative estimate of drug-likeness (QED) is 0.0988. The molecule has 0 radical (unpaired) electrons. The molecule has 8 aromatic rings. The average Bonchev–Trinajstić information content (AvgIpc) is 3.56. The maximum atomic E-state index is 15.9. The zero-order chi connectivity index (χ0) is 36.3. The normalized spacial score (nSPS) is 12.3. The van der Waals surface area contributed by atoms with Gasteiger partial charge < -0.3 is 9.13 Å². The van der Waals surface area contributed by atoms with Gasteiger partial charge in [-0.1, -0.05) is 48.5 Å². The Morgan fingerprint density at radius 2 is 0.745 bits per heavy atom. The van der Waals surface area contributed by atoms with Gasteiger partial charge in [-0.3, -0.25) is 0 Å². The molecular formula is C41H26F8N2. The summed E-state index contributed by atoms with van der Waals surface area (Å²) in [6, 6.07) is 22.8. The Kier molecular flexibility index (Phi) is 7.14. The van der Waals surface area contributed by atoms with Crippen LogP contribution in [0.1, 0.15) is 27.8 Å². The fourth-order valence-corrected chi connectivity index (χ4v) is 7.21. The molecule has 0 spiro atoms. The van der Waals surface area contributed by atoms with Crippen molar-refractivity contribution in [2.24, 2.45) is 0 Å². The van der Waals surface area contributed by atoms with Crippen molar-refractivity contribution in [1.82, 2.24) is 9.13 Å². The minimum atomic E-state index is -5.04. The van der Waals surface area contributed by atoms with Gasteiger partial charge >= 0.3 is 6.18 Å². The molecule has 0 unspecified atom stereocenters. The maximum absolute atomic E-state index is 15.9. The van der Waals surface area contributed by atoms with Gasteiger partial charge in [0.05, 0.1) is 44.6 Å². The van der Waals surface area contributed by atoms with Crippen LogP contribution in [-0.4, -0.2) is 9.13 Å². The topological polar surface area (TPSA) is 9.86 Å². The summed E-state index contributed by atoms with van der Waals surface area (Å²) in [5, 5.41) is 2.45. The average molecular weight is 699 g/mol. The third kappa shape index (κ3) is 4.83. The minimum Gasteiger partial charge on any atom is -0.309 e. The van der Waals surface area contributed by atoms with E-state index in [0.29, 0.717) is 43.6 Å². The molecule has 0 atom stereocenters. The Bertz CT molecular complexity index is 2640. The molecule has 0 aliphatic carbocycles. The smallest absolute Gasteiger partial charge is 0.309 e. The number of alkyl halides is 3. The van der Waals surface area contributed by atoms with Crippen molar-refractivity contribution in [3.63, 3.8) is 0 Å². The lowest BCUT2D eigenvalue weighted by molar-refractivity contribution is -0.137. The first kappa shape index (κ1) is 32.6. The Labute approximate surface area is 285 Å². The molecule has 8 rings (SSSR count). The number of aryl methyl sites for hydroxylation is 4. The summed E-state index contributed by atoms with van der Waals surface area (Å²) in [5.74, 6) is -11.1. The second kappa shape index (κ2) is 11.2. The number of aromatic nitrogens is 2. The van der Waals surface area contributed by atoms with Crippen LogP contribution in [0.3, 0.4) is 0 Å². The van der Waals surface area contributed by atoms with E-state index in [1.807, 2.05) is 24.3 Å². The zero-order valence-electron chi connectivity index (χ0n) is 27.5. The molecule has 0 N–H and O–H groups in total. The number of hydrogen-bond acceptors (Lipinski definition) is 0. The highest BCUT2D eigenvalue weighted by Gasteiger charge is 2.38. The molecule has 0 saturated heterocycles. The highest BCUT2D eigenvalue weighted by atomic mass is 19.4. The number of fused-ring (bicyclic) bond motifs is 6. The van der Waals surface area contributed by atoms with Gasteiger partial charge in [0.15, 0.2) is 23.3 Å². The monoisotopic (exact) mass is 698 g/mol. The molecule has 51 heavy (non-hydrogen) atoms. The van der Waals surface area contributed by atoms with E-state index in [1.54, 1.807) is 76.2 Å². The van der Waals surface area contributed by atoms with Crippen molar-refractivity contribution >= 4 is 43.6 Å². The first-order chi connectivity index (χ1) is 24.1. The van der Waals surface area contributed by atoms with Crippen LogP contribution in [0.2, 0.25) is 0 Å². The van der Waals surface area contributed by atoms with Crippen LogP contribution in [0.15, 0.2) is 84.9 Å². The van der Waals surface area contributed by atoms with Crippen molar-refractivity contribution in [3.8, 4) is 22.5 Å². The molecule has 0 aliphatic rings. The van der Waals surface area contributed by atoms with E-state index in [0.717, 1.165) is 34.4 Å². The van der Waals surface area contributed by atoms with Gasteiger partial charge in [-0.05, 0) is 86.3 Å². The summed E-state index contributed by atoms with van der Waals surface area (Å²) < 4.78 is 126. The second-order valence-corrected chi connectivity index (χ2v) is 13.1. The highest BCUT2D eigenvalue weighted by molar-refractivity contribution is 6.11. The fraction of sp³-hybridized carbons (Fsp3) is 0.122. The van der Waals surface area contributed by atoms with Gasteiger partial charge in [0, 0.05) is 27.1 Å². The van der Waals surface area contributed by atoms with E-state index in [1.165, 1.54) is 9.13 Å². The van der Waals surface area contributed by atoms with Gasteiger partial charge in [0.2, 0.25) is 5.82 Å². The molecular weight excluding hydrogens is 672 g/mol. The van der Waals surface area contributed by atoms with Crippen LogP contribution >= 0.6 is 0 Å². The molecule has 0 aliphatic heterocycles. The lowest BCUT2D eigenvalue weighted by Gasteiger charge is -2.23. The van der Waals surface area contributed by atoms with E-state index in [2.05, 4.69) is 0 Å². The Morgan fingerprint density at radius 1 is 0.412 bits per heavy atom. The number of halogens is 8. The minimum absolute atomic E-state index is 0.361. The summed E-state index contributed by atoms with van der Waals surface area (Å²) in [5.41, 5.74) is 0.275. The first-order valence-corrected chi connectivity index (χ1v) is 16.0. The summed E-state index contributed by atoms with van der Waals surface area (Å²) in [4.78, 5) is 0. The van der Waals surface area contributed by atoms with Crippen molar-refractivity contribution in [3.05, 3.63) is 142 Å². The van der Waals surface area contributed by atoms with Crippen molar-refractivity contribution < 1.29 is 35.1 Å². The molecule has 0 amide bonds. The van der Waals surface area contributed by atoms with Gasteiger partial charge in [-0.25, -0.2) is 22.0 Å². The largest absolute Gasteiger partial charge is 0.418 e. The number of benzene rings is 6. The highest BCUT2D eigenvalue weighted by Crippen LogP contribution is 2.46. The van der Waals surface area contributed by atoms with Crippen LogP contribution in [0.25, 0.3) is 66.1 Å². The molecule has 256 valence electrons. The van der Waals surface area contributed by atoms with Gasteiger partial charge in [-0.2, -0.15) is 13.2 Å². The van der Waals surface area contributed by atoms with E-state index in [9.17, 15) is 4.39 Å². The molecule has 0 fully saturated rings. The SMILES string of the molecule is Cc1ccc2c3ccc(C)cc3n(-c3cc(C(F)(F)F)c(-n4c5cc(C)ccc5c5ccc(C)cc54)cc3-c3c(F)c(F)c(F)c(F)c3F)c2c1. The van der Waals surface area contributed by atoms with Crippen molar-refractivity contribution in [2.75, 3.05) is 0 Å². The zero-order valence-corrected chi connectivity index (χ0v) is 27.5. The van der Waals surface area contributed by atoms with Gasteiger partial charge in [0.25, 0.3) is 0 Å². The standard InChI is InChI=1S/C41H26F8N2/c1-19-5-9-23-24-10-6-20(2)14-30(24)50(29(23)13-19)33-18-28(41(47,48)49)34(17-27(33)35-36(42)38(44)40(46)39(45)37(35)43)51-31-15-21(3)7-11-25(31)26-12-8-22(4)16-32(26)51/h5-18H,1-4H3. The molecule has 2 heterocycles. The van der Waals surface area contributed by atoms with E-state index in [4.69, 9.17) is 0 Å². The summed E-state index contributed by atoms with van der Waals surface area (Å²) in [6.45, 7) is 7.09. The van der Waals surface area contributed by atoms with Gasteiger partial charge in [0.1, 0.15) is 0 Å². The summed E-state index contributed by atoms with van der Waals surface area (Å²) in [7, 11) is 0. The third-order valence-electron chi connectivity index (χ3n) is 9.54. The maximum Gasteiger partial charge on any atom is 0.418 e. The molecule has 0 bridgehead atoms. The van der Waals surface area contributed by atoms with E-state index in [-0.39, 0.29) is 0 Å². The molecule has 0 saturated carbocycles. The summed E-state index contributed by atoms with van der Waals surface area (Å²) >= 11 is 0. The number of hydrogen-bond donors (Lipinski definition) is 0. The lowest BCUT2D eigenvalue weighted by atomic mass is 9.97. The molecule has 6 aromatic carbocycles.